The lowest BCUT2D eigenvalue weighted by Gasteiger charge is -2.08. The molecule has 0 bridgehead atoms. The minimum Gasteiger partial charge on any atom is -0.454 e. The minimum absolute atomic E-state index is 0.164. The molecule has 0 aliphatic heterocycles. The first kappa shape index (κ1) is 15.2. The van der Waals surface area contributed by atoms with Crippen LogP contribution in [0.25, 0.3) is 0 Å². The smallest absolute Gasteiger partial charge is 0.355 e. The van der Waals surface area contributed by atoms with Crippen LogP contribution in [0.15, 0.2) is 24.5 Å². The molecule has 0 aliphatic carbocycles. The molecule has 0 aliphatic rings. The van der Waals surface area contributed by atoms with Gasteiger partial charge in [-0.15, -0.1) is 0 Å². The van der Waals surface area contributed by atoms with Crippen LogP contribution in [0.3, 0.4) is 0 Å². The van der Waals surface area contributed by atoms with Gasteiger partial charge < -0.3 is 15.0 Å². The van der Waals surface area contributed by atoms with Gasteiger partial charge in [-0.2, -0.15) is 5.10 Å². The quantitative estimate of drug-likeness (QED) is 0.830. The van der Waals surface area contributed by atoms with Gasteiger partial charge in [0.25, 0.3) is 0 Å². The van der Waals surface area contributed by atoms with Crippen LogP contribution < -0.4 is 5.73 Å². The number of rotatable bonds is 6. The van der Waals surface area contributed by atoms with E-state index < -0.39 is 0 Å². The number of carbonyl (C=O) groups excluding carboxylic acids is 1. The predicted octanol–water partition coefficient (Wildman–Crippen LogP) is 2.61. The zero-order valence-electron chi connectivity index (χ0n) is 12.7. The molecule has 0 saturated carbocycles. The number of hydrogen-bond donors (Lipinski definition) is 1. The van der Waals surface area contributed by atoms with Crippen LogP contribution in [0.1, 0.15) is 49.4 Å². The second kappa shape index (κ2) is 6.47. The lowest BCUT2D eigenvalue weighted by molar-refractivity contribution is 0.0454. The van der Waals surface area contributed by atoms with Gasteiger partial charge in [0, 0.05) is 25.0 Å². The van der Waals surface area contributed by atoms with E-state index in [1.807, 2.05) is 23.9 Å². The van der Waals surface area contributed by atoms with Crippen LogP contribution in [0.5, 0.6) is 0 Å². The minimum atomic E-state index is -0.383. The van der Waals surface area contributed by atoms with Crippen LogP contribution in [0.4, 0.5) is 5.69 Å². The Balaban J connectivity index is 1.99. The van der Waals surface area contributed by atoms with Crippen LogP contribution in [-0.2, 0) is 17.9 Å². The van der Waals surface area contributed by atoms with Crippen molar-refractivity contribution in [2.24, 2.45) is 0 Å². The Morgan fingerprint density at radius 2 is 2.24 bits per heavy atom. The number of ether oxygens (including phenoxy) is 1. The van der Waals surface area contributed by atoms with Crippen LogP contribution in [-0.4, -0.2) is 20.3 Å². The highest BCUT2D eigenvalue weighted by Crippen LogP contribution is 2.13. The first-order valence-electron chi connectivity index (χ1n) is 7.22. The fourth-order valence-corrected chi connectivity index (χ4v) is 2.07. The van der Waals surface area contributed by atoms with E-state index in [9.17, 15) is 4.79 Å². The summed E-state index contributed by atoms with van der Waals surface area (Å²) < 4.78 is 8.96. The second-order valence-electron chi connectivity index (χ2n) is 5.07. The van der Waals surface area contributed by atoms with E-state index >= 15 is 0 Å². The summed E-state index contributed by atoms with van der Waals surface area (Å²) in [7, 11) is 0. The van der Waals surface area contributed by atoms with Crippen molar-refractivity contribution in [3.05, 3.63) is 35.9 Å². The van der Waals surface area contributed by atoms with Gasteiger partial charge in [-0.25, -0.2) is 4.79 Å². The number of esters is 1. The van der Waals surface area contributed by atoms with Gasteiger partial charge >= 0.3 is 5.97 Å². The van der Waals surface area contributed by atoms with Crippen molar-refractivity contribution in [1.29, 1.82) is 0 Å². The SMILES string of the molecule is CCC(C)n1ccc(COC(=O)c2cc(N)cn2CC)n1. The molecule has 0 amide bonds. The van der Waals surface area contributed by atoms with Crippen molar-refractivity contribution in [2.75, 3.05) is 5.73 Å². The number of aromatic nitrogens is 3. The van der Waals surface area contributed by atoms with Gasteiger partial charge in [0.15, 0.2) is 0 Å². The first-order valence-corrected chi connectivity index (χ1v) is 7.22. The van der Waals surface area contributed by atoms with Crippen LogP contribution >= 0.6 is 0 Å². The number of nitrogens with two attached hydrogens (primary N) is 1. The molecule has 114 valence electrons. The largest absolute Gasteiger partial charge is 0.454 e. The highest BCUT2D eigenvalue weighted by molar-refractivity contribution is 5.89. The summed E-state index contributed by atoms with van der Waals surface area (Å²) in [5.41, 5.74) is 7.48. The summed E-state index contributed by atoms with van der Waals surface area (Å²) >= 11 is 0. The number of hydrogen-bond acceptors (Lipinski definition) is 4. The lowest BCUT2D eigenvalue weighted by Crippen LogP contribution is -2.11. The molecule has 2 rings (SSSR count). The maximum absolute atomic E-state index is 12.1. The standard InChI is InChI=1S/C15H22N4O2/c1-4-11(3)19-7-6-13(17-19)10-21-15(20)14-8-12(16)9-18(14)5-2/h6-9,11H,4-5,10,16H2,1-3H3. The number of carbonyl (C=O) groups is 1. The molecule has 0 saturated heterocycles. The maximum atomic E-state index is 12.1. The summed E-state index contributed by atoms with van der Waals surface area (Å²) in [6.45, 7) is 6.99. The fourth-order valence-electron chi connectivity index (χ4n) is 2.07. The van der Waals surface area contributed by atoms with Gasteiger partial charge in [-0.05, 0) is 32.4 Å². The number of nitrogen functional groups attached to an aromatic ring is 1. The Bertz CT molecular complexity index is 615. The summed E-state index contributed by atoms with van der Waals surface area (Å²) in [6.07, 6.45) is 4.64. The van der Waals surface area contributed by atoms with E-state index in [4.69, 9.17) is 10.5 Å². The Kier molecular flexibility index (Phi) is 4.67. The van der Waals surface area contributed by atoms with Gasteiger partial charge in [0.05, 0.1) is 11.4 Å². The van der Waals surface area contributed by atoms with Crippen LogP contribution in [0, 0.1) is 0 Å². The van der Waals surface area contributed by atoms with E-state index in [1.54, 1.807) is 16.8 Å². The summed E-state index contributed by atoms with van der Waals surface area (Å²) in [4.78, 5) is 12.1. The molecule has 2 N–H and O–H groups in total. The molecule has 1 unspecified atom stereocenters. The predicted molar refractivity (Wildman–Crippen MR) is 80.9 cm³/mol. The van der Waals surface area contributed by atoms with E-state index in [1.165, 1.54) is 0 Å². The molecule has 1 atom stereocenters. The molecule has 0 aromatic carbocycles. The average Bonchev–Trinajstić information content (AvgIpc) is 3.10. The Labute approximate surface area is 124 Å². The molecular formula is C15H22N4O2. The van der Waals surface area contributed by atoms with E-state index in [0.29, 0.717) is 24.0 Å². The van der Waals surface area contributed by atoms with E-state index in [2.05, 4.69) is 18.9 Å². The molecule has 2 aromatic rings. The zero-order valence-corrected chi connectivity index (χ0v) is 12.7. The highest BCUT2D eigenvalue weighted by Gasteiger charge is 2.14. The van der Waals surface area contributed by atoms with Gasteiger partial charge in [0.1, 0.15) is 12.3 Å². The van der Waals surface area contributed by atoms with Crippen molar-refractivity contribution >= 4 is 11.7 Å². The molecule has 2 aromatic heterocycles. The van der Waals surface area contributed by atoms with Crippen molar-refractivity contribution < 1.29 is 9.53 Å². The van der Waals surface area contributed by atoms with Crippen molar-refractivity contribution in [3.8, 4) is 0 Å². The highest BCUT2D eigenvalue weighted by atomic mass is 16.5. The van der Waals surface area contributed by atoms with Gasteiger partial charge in [-0.3, -0.25) is 4.68 Å². The fraction of sp³-hybridized carbons (Fsp3) is 0.467. The molecule has 0 fully saturated rings. The average molecular weight is 290 g/mol. The molecule has 6 heteroatoms. The van der Waals surface area contributed by atoms with E-state index in [0.717, 1.165) is 12.1 Å². The molecule has 21 heavy (non-hydrogen) atoms. The molecule has 6 nitrogen and oxygen atoms in total. The number of aryl methyl sites for hydroxylation is 1. The number of nitrogens with zero attached hydrogens (tertiary/aromatic N) is 3. The van der Waals surface area contributed by atoms with Crippen molar-refractivity contribution in [2.45, 2.75) is 46.4 Å². The Morgan fingerprint density at radius 3 is 2.90 bits per heavy atom. The Hall–Kier alpha value is -2.24. The second-order valence-corrected chi connectivity index (χ2v) is 5.07. The Morgan fingerprint density at radius 1 is 1.48 bits per heavy atom. The van der Waals surface area contributed by atoms with Gasteiger partial charge in [0.2, 0.25) is 0 Å². The lowest BCUT2D eigenvalue weighted by atomic mass is 10.3. The van der Waals surface area contributed by atoms with Crippen LogP contribution in [0.2, 0.25) is 0 Å². The third-order valence-corrected chi connectivity index (χ3v) is 3.52. The number of anilines is 1. The molecular weight excluding hydrogens is 268 g/mol. The summed E-state index contributed by atoms with van der Waals surface area (Å²) in [5, 5.41) is 4.40. The first-order chi connectivity index (χ1) is 10.0. The maximum Gasteiger partial charge on any atom is 0.355 e. The third kappa shape index (κ3) is 3.45. The summed E-state index contributed by atoms with van der Waals surface area (Å²) in [5.74, 6) is -0.383. The molecule has 2 heterocycles. The summed E-state index contributed by atoms with van der Waals surface area (Å²) in [6, 6.07) is 3.84. The van der Waals surface area contributed by atoms with Gasteiger partial charge in [-0.1, -0.05) is 6.92 Å². The van der Waals surface area contributed by atoms with Crippen molar-refractivity contribution in [3.63, 3.8) is 0 Å². The topological polar surface area (TPSA) is 75.1 Å². The zero-order chi connectivity index (χ0) is 15.4. The molecule has 0 radical (unpaired) electrons. The normalized spacial score (nSPS) is 12.3. The van der Waals surface area contributed by atoms with Crippen molar-refractivity contribution in [1.82, 2.24) is 14.3 Å². The monoisotopic (exact) mass is 290 g/mol. The van der Waals surface area contributed by atoms with E-state index in [-0.39, 0.29) is 12.6 Å². The third-order valence-electron chi connectivity index (χ3n) is 3.52. The molecule has 0 spiro atoms.